The van der Waals surface area contributed by atoms with Crippen LogP contribution in [0, 0.1) is 15.9 Å². The summed E-state index contributed by atoms with van der Waals surface area (Å²) >= 11 is 0. The Morgan fingerprint density at radius 2 is 2.38 bits per heavy atom. The van der Waals surface area contributed by atoms with Gasteiger partial charge in [0, 0.05) is 18.8 Å². The molecule has 0 saturated carbocycles. The normalized spacial score (nSPS) is 19.0. The first-order valence-electron chi connectivity index (χ1n) is 6.73. The minimum absolute atomic E-state index is 0.121. The molecule has 21 heavy (non-hydrogen) atoms. The Labute approximate surface area is 120 Å². The lowest BCUT2D eigenvalue weighted by Gasteiger charge is -2.16. The van der Waals surface area contributed by atoms with E-state index in [0.29, 0.717) is 10.9 Å². The van der Waals surface area contributed by atoms with Gasteiger partial charge in [0.1, 0.15) is 5.52 Å². The first kappa shape index (κ1) is 13.7. The third-order valence-corrected chi connectivity index (χ3v) is 3.76. The molecule has 0 amide bonds. The van der Waals surface area contributed by atoms with Crippen molar-refractivity contribution in [2.45, 2.75) is 12.5 Å². The Kier molecular flexibility index (Phi) is 3.42. The molecular weight excluding hydrogens is 275 g/mol. The molecule has 0 bridgehead atoms. The number of likely N-dealkylation sites (N-methyl/N-ethyl adjacent to an activating group) is 1. The van der Waals surface area contributed by atoms with Gasteiger partial charge < -0.3 is 10.2 Å². The third kappa shape index (κ3) is 2.52. The highest BCUT2D eigenvalue weighted by Crippen LogP contribution is 2.33. The number of nitrogens with zero attached hydrogens (tertiary/aromatic N) is 3. The number of anilines is 1. The number of likely N-dealkylation sites (tertiary alicyclic amines) is 1. The number of hydrogen-bond acceptors (Lipinski definition) is 5. The molecule has 1 unspecified atom stereocenters. The number of nitrogens with one attached hydrogen (secondary N) is 1. The largest absolute Gasteiger partial charge is 0.377 e. The van der Waals surface area contributed by atoms with Crippen LogP contribution in [0.5, 0.6) is 0 Å². The number of nitro benzene ring substituents is 1. The Morgan fingerprint density at radius 3 is 3.05 bits per heavy atom. The molecule has 2 heterocycles. The van der Waals surface area contributed by atoms with E-state index in [1.807, 2.05) is 7.05 Å². The molecule has 6 nitrogen and oxygen atoms in total. The van der Waals surface area contributed by atoms with E-state index in [2.05, 4.69) is 15.2 Å². The van der Waals surface area contributed by atoms with Crippen molar-refractivity contribution >= 4 is 22.3 Å². The zero-order valence-corrected chi connectivity index (χ0v) is 11.5. The fourth-order valence-corrected chi connectivity index (χ4v) is 2.74. The number of benzene rings is 1. The number of halogens is 1. The van der Waals surface area contributed by atoms with Gasteiger partial charge in [-0.2, -0.15) is 0 Å². The van der Waals surface area contributed by atoms with Gasteiger partial charge in [-0.25, -0.2) is 4.39 Å². The summed E-state index contributed by atoms with van der Waals surface area (Å²) in [6.45, 7) is 1.75. The number of pyridine rings is 1. The monoisotopic (exact) mass is 290 g/mol. The van der Waals surface area contributed by atoms with Gasteiger partial charge in [-0.3, -0.25) is 15.1 Å². The van der Waals surface area contributed by atoms with E-state index in [-0.39, 0.29) is 17.4 Å². The van der Waals surface area contributed by atoms with Crippen LogP contribution in [-0.2, 0) is 0 Å². The second-order valence-electron chi connectivity index (χ2n) is 5.30. The summed E-state index contributed by atoms with van der Waals surface area (Å²) in [6, 6.07) is 4.29. The van der Waals surface area contributed by atoms with Crippen molar-refractivity contribution < 1.29 is 9.31 Å². The maximum Gasteiger partial charge on any atom is 0.281 e. The molecule has 1 aromatic carbocycles. The maximum absolute atomic E-state index is 14.3. The molecule has 1 N–H and O–H groups in total. The molecule has 1 aliphatic rings. The quantitative estimate of drug-likeness (QED) is 0.694. The van der Waals surface area contributed by atoms with E-state index in [9.17, 15) is 14.5 Å². The molecule has 1 aliphatic heterocycles. The second kappa shape index (κ2) is 5.25. The predicted molar refractivity (Wildman–Crippen MR) is 77.9 cm³/mol. The summed E-state index contributed by atoms with van der Waals surface area (Å²) in [5, 5.41) is 14.5. The Balaban J connectivity index is 2.08. The van der Waals surface area contributed by atoms with Gasteiger partial charge >= 0.3 is 0 Å². The van der Waals surface area contributed by atoms with Crippen molar-refractivity contribution in [2.24, 2.45) is 0 Å². The van der Waals surface area contributed by atoms with Gasteiger partial charge in [0.05, 0.1) is 22.1 Å². The zero-order chi connectivity index (χ0) is 15.0. The number of rotatable bonds is 3. The lowest BCUT2D eigenvalue weighted by molar-refractivity contribution is -0.383. The molecule has 1 saturated heterocycles. The molecule has 110 valence electrons. The van der Waals surface area contributed by atoms with Crippen LogP contribution in [0.4, 0.5) is 15.8 Å². The van der Waals surface area contributed by atoms with E-state index in [4.69, 9.17) is 0 Å². The number of fused-ring (bicyclic) bond motifs is 1. The molecule has 1 fully saturated rings. The second-order valence-corrected chi connectivity index (χ2v) is 5.30. The van der Waals surface area contributed by atoms with Gasteiger partial charge in [0.2, 0.25) is 0 Å². The summed E-state index contributed by atoms with van der Waals surface area (Å²) in [7, 11) is 2.00. The molecule has 1 aromatic heterocycles. The minimum atomic E-state index is -0.637. The van der Waals surface area contributed by atoms with Crippen molar-refractivity contribution in [2.75, 3.05) is 25.5 Å². The van der Waals surface area contributed by atoms with Crippen molar-refractivity contribution in [1.29, 1.82) is 0 Å². The Morgan fingerprint density at radius 1 is 1.57 bits per heavy atom. The molecule has 3 rings (SSSR count). The fraction of sp³-hybridized carbons (Fsp3) is 0.357. The molecular formula is C14H15FN4O2. The van der Waals surface area contributed by atoms with Crippen LogP contribution >= 0.6 is 0 Å². The van der Waals surface area contributed by atoms with Gasteiger partial charge in [0.15, 0.2) is 5.82 Å². The molecule has 2 aromatic rings. The van der Waals surface area contributed by atoms with E-state index in [0.717, 1.165) is 25.6 Å². The lowest BCUT2D eigenvalue weighted by Crippen LogP contribution is -2.24. The summed E-state index contributed by atoms with van der Waals surface area (Å²) in [4.78, 5) is 16.7. The Bertz CT molecular complexity index is 707. The van der Waals surface area contributed by atoms with E-state index in [1.165, 1.54) is 6.20 Å². The number of aromatic nitrogens is 1. The van der Waals surface area contributed by atoms with E-state index in [1.54, 1.807) is 12.1 Å². The molecule has 0 aliphatic carbocycles. The fourth-order valence-electron chi connectivity index (χ4n) is 2.74. The molecule has 7 heteroatoms. The van der Waals surface area contributed by atoms with Crippen molar-refractivity contribution in [1.82, 2.24) is 9.88 Å². The summed E-state index contributed by atoms with van der Waals surface area (Å²) in [5.74, 6) is -0.637. The smallest absolute Gasteiger partial charge is 0.281 e. The predicted octanol–water partition coefficient (Wildman–Crippen LogP) is 2.40. The highest BCUT2D eigenvalue weighted by atomic mass is 19.1. The van der Waals surface area contributed by atoms with Gasteiger partial charge in [0.25, 0.3) is 5.69 Å². The van der Waals surface area contributed by atoms with Crippen molar-refractivity contribution in [3.63, 3.8) is 0 Å². The van der Waals surface area contributed by atoms with Crippen LogP contribution in [0.1, 0.15) is 6.42 Å². The standard InChI is InChI=1S/C14H15FN4O2/c1-18-6-4-9(8-18)17-14-11(15)7-12(19(20)21)10-3-2-5-16-13(10)14/h2-3,5,7,9,17H,4,6,8H2,1H3. The van der Waals surface area contributed by atoms with Crippen LogP contribution in [0.15, 0.2) is 24.4 Å². The summed E-state index contributed by atoms with van der Waals surface area (Å²) in [5.41, 5.74) is 0.292. The van der Waals surface area contributed by atoms with E-state index >= 15 is 0 Å². The molecule has 0 spiro atoms. The first-order chi connectivity index (χ1) is 10.1. The van der Waals surface area contributed by atoms with Crippen LogP contribution in [0.25, 0.3) is 10.9 Å². The maximum atomic E-state index is 14.3. The van der Waals surface area contributed by atoms with Crippen LogP contribution < -0.4 is 5.32 Å². The topological polar surface area (TPSA) is 71.3 Å². The first-order valence-corrected chi connectivity index (χ1v) is 6.73. The summed E-state index contributed by atoms with van der Waals surface area (Å²) in [6.07, 6.45) is 2.42. The van der Waals surface area contributed by atoms with Crippen LogP contribution in [-0.4, -0.2) is 41.0 Å². The van der Waals surface area contributed by atoms with Gasteiger partial charge in [-0.15, -0.1) is 0 Å². The SMILES string of the molecule is CN1CCC(Nc2c(F)cc([N+](=O)[O-])c3cccnc23)C1. The third-order valence-electron chi connectivity index (χ3n) is 3.76. The summed E-state index contributed by atoms with van der Waals surface area (Å²) < 4.78 is 14.3. The Hall–Kier alpha value is -2.28. The molecule has 0 radical (unpaired) electrons. The van der Waals surface area contributed by atoms with Crippen molar-refractivity contribution in [3.05, 3.63) is 40.3 Å². The zero-order valence-electron chi connectivity index (χ0n) is 11.5. The van der Waals surface area contributed by atoms with E-state index < -0.39 is 10.7 Å². The number of non-ortho nitro benzene ring substituents is 1. The van der Waals surface area contributed by atoms with Crippen LogP contribution in [0.2, 0.25) is 0 Å². The van der Waals surface area contributed by atoms with Crippen molar-refractivity contribution in [3.8, 4) is 0 Å². The average molecular weight is 290 g/mol. The highest BCUT2D eigenvalue weighted by molar-refractivity contribution is 5.97. The lowest BCUT2D eigenvalue weighted by atomic mass is 10.1. The highest BCUT2D eigenvalue weighted by Gasteiger charge is 2.24. The number of hydrogen-bond donors (Lipinski definition) is 1. The minimum Gasteiger partial charge on any atom is -0.377 e. The average Bonchev–Trinajstić information content (AvgIpc) is 2.87. The number of nitro groups is 1. The van der Waals surface area contributed by atoms with Crippen LogP contribution in [0.3, 0.4) is 0 Å². The molecule has 1 atom stereocenters. The van der Waals surface area contributed by atoms with Gasteiger partial charge in [-0.05, 0) is 32.1 Å². The van der Waals surface area contributed by atoms with Gasteiger partial charge in [-0.1, -0.05) is 0 Å².